The monoisotopic (exact) mass is 222 g/mol. The molecule has 16 heavy (non-hydrogen) atoms. The summed E-state index contributed by atoms with van der Waals surface area (Å²) in [5.74, 6) is -1.37. The van der Waals surface area contributed by atoms with Crippen molar-refractivity contribution >= 4 is 17.3 Å². The largest absolute Gasteiger partial charge is 0.472 e. The minimum atomic E-state index is -1.08. The number of furan rings is 1. The van der Waals surface area contributed by atoms with Crippen LogP contribution in [0.4, 0.5) is 0 Å². The molecule has 84 valence electrons. The summed E-state index contributed by atoms with van der Waals surface area (Å²) in [6, 6.07) is 1.50. The van der Waals surface area contributed by atoms with Crippen LogP contribution in [0.15, 0.2) is 23.0 Å². The topological polar surface area (TPSA) is 104 Å². The molecule has 6 heteroatoms. The molecule has 0 saturated carbocycles. The number of carbonyl (C=O) groups excluding carboxylic acids is 2. The SMILES string of the molecule is CC(=O)C(=[N+]=[N-])C(=O)CC(O)c1ccoc1. The molecule has 0 aliphatic heterocycles. The van der Waals surface area contributed by atoms with E-state index in [2.05, 4.69) is 4.79 Å². The first-order valence-electron chi connectivity index (χ1n) is 4.52. The maximum atomic E-state index is 11.4. The molecule has 1 heterocycles. The molecule has 0 bridgehead atoms. The van der Waals surface area contributed by atoms with Crippen molar-refractivity contribution in [3.63, 3.8) is 0 Å². The number of aliphatic hydroxyl groups is 1. The van der Waals surface area contributed by atoms with E-state index in [1.54, 1.807) is 0 Å². The van der Waals surface area contributed by atoms with Crippen LogP contribution in [0.2, 0.25) is 0 Å². The second-order valence-corrected chi connectivity index (χ2v) is 3.20. The van der Waals surface area contributed by atoms with Crippen LogP contribution in [0.1, 0.15) is 25.0 Å². The molecule has 1 aromatic heterocycles. The van der Waals surface area contributed by atoms with Crippen LogP contribution in [0, 0.1) is 0 Å². The van der Waals surface area contributed by atoms with Crippen LogP contribution >= 0.6 is 0 Å². The molecule has 0 radical (unpaired) electrons. The van der Waals surface area contributed by atoms with Gasteiger partial charge in [0, 0.05) is 18.9 Å². The number of Topliss-reactive ketones (excluding diaryl/α,β-unsaturated/α-hetero) is 2. The average molecular weight is 222 g/mol. The van der Waals surface area contributed by atoms with Gasteiger partial charge < -0.3 is 15.1 Å². The Hall–Kier alpha value is -2.04. The number of hydrogen-bond acceptors (Lipinski definition) is 4. The molecular formula is C10H10N2O4. The molecule has 0 spiro atoms. The highest BCUT2D eigenvalue weighted by atomic mass is 16.3. The predicted octanol–water partition coefficient (Wildman–Crippen LogP) is 0.532. The molecule has 1 unspecified atom stereocenters. The first kappa shape index (κ1) is 12.0. The smallest absolute Gasteiger partial charge is 0.399 e. The lowest BCUT2D eigenvalue weighted by Crippen LogP contribution is -2.24. The molecule has 1 atom stereocenters. The van der Waals surface area contributed by atoms with Gasteiger partial charge in [0.25, 0.3) is 5.78 Å². The lowest BCUT2D eigenvalue weighted by Gasteiger charge is -2.03. The molecule has 0 aromatic carbocycles. The van der Waals surface area contributed by atoms with E-state index in [0.29, 0.717) is 5.56 Å². The van der Waals surface area contributed by atoms with E-state index >= 15 is 0 Å². The Labute approximate surface area is 91.1 Å². The van der Waals surface area contributed by atoms with Gasteiger partial charge >= 0.3 is 5.71 Å². The Morgan fingerprint density at radius 2 is 2.31 bits per heavy atom. The normalized spacial score (nSPS) is 11.6. The molecule has 0 aliphatic rings. The minimum absolute atomic E-state index is 0.335. The maximum Gasteiger partial charge on any atom is 0.399 e. The molecule has 1 rings (SSSR count). The van der Waals surface area contributed by atoms with E-state index in [4.69, 9.17) is 9.95 Å². The van der Waals surface area contributed by atoms with Crippen LogP contribution in [0.3, 0.4) is 0 Å². The van der Waals surface area contributed by atoms with E-state index < -0.39 is 23.4 Å². The summed E-state index contributed by atoms with van der Waals surface area (Å²) >= 11 is 0. The summed E-state index contributed by atoms with van der Waals surface area (Å²) in [4.78, 5) is 24.9. The summed E-state index contributed by atoms with van der Waals surface area (Å²) in [7, 11) is 0. The van der Waals surface area contributed by atoms with Gasteiger partial charge in [-0.3, -0.25) is 9.59 Å². The third-order valence-electron chi connectivity index (χ3n) is 2.00. The molecule has 6 nitrogen and oxygen atoms in total. The molecule has 0 aliphatic carbocycles. The van der Waals surface area contributed by atoms with Gasteiger partial charge in [-0.2, -0.15) is 4.79 Å². The summed E-state index contributed by atoms with van der Waals surface area (Å²) in [5.41, 5.74) is 8.31. The van der Waals surface area contributed by atoms with Crippen LogP contribution < -0.4 is 0 Å². The van der Waals surface area contributed by atoms with Gasteiger partial charge in [0.1, 0.15) is 0 Å². The van der Waals surface area contributed by atoms with Gasteiger partial charge in [-0.1, -0.05) is 0 Å². The molecule has 0 saturated heterocycles. The molecule has 1 N–H and O–H groups in total. The van der Waals surface area contributed by atoms with Gasteiger partial charge in [0.15, 0.2) is 0 Å². The lowest BCUT2D eigenvalue weighted by atomic mass is 10.0. The number of carbonyl (C=O) groups is 2. The van der Waals surface area contributed by atoms with Crippen molar-refractivity contribution in [2.75, 3.05) is 0 Å². The predicted molar refractivity (Wildman–Crippen MR) is 52.6 cm³/mol. The van der Waals surface area contributed by atoms with Gasteiger partial charge in [0.05, 0.1) is 18.6 Å². The Morgan fingerprint density at radius 3 is 2.75 bits per heavy atom. The Kier molecular flexibility index (Phi) is 3.88. The second-order valence-electron chi connectivity index (χ2n) is 3.20. The van der Waals surface area contributed by atoms with Gasteiger partial charge in [-0.05, 0) is 6.07 Å². The fourth-order valence-corrected chi connectivity index (χ4v) is 1.18. The molecule has 0 amide bonds. The molecule has 0 fully saturated rings. The number of ketones is 2. The summed E-state index contributed by atoms with van der Waals surface area (Å²) in [5, 5.41) is 9.58. The highest BCUT2D eigenvalue weighted by Gasteiger charge is 2.28. The maximum absolute atomic E-state index is 11.4. The Bertz CT molecular complexity index is 443. The Balaban J connectivity index is 2.72. The quantitative estimate of drug-likeness (QED) is 0.339. The van der Waals surface area contributed by atoms with E-state index in [9.17, 15) is 14.7 Å². The first-order chi connectivity index (χ1) is 7.56. The second kappa shape index (κ2) is 5.16. The zero-order valence-corrected chi connectivity index (χ0v) is 8.58. The number of nitrogens with zero attached hydrogens (tertiary/aromatic N) is 2. The minimum Gasteiger partial charge on any atom is -0.472 e. The number of aliphatic hydroxyl groups excluding tert-OH is 1. The fraction of sp³-hybridized carbons (Fsp3) is 0.300. The van der Waals surface area contributed by atoms with Crippen LogP contribution in [0.5, 0.6) is 0 Å². The first-order valence-corrected chi connectivity index (χ1v) is 4.52. The summed E-state index contributed by atoms with van der Waals surface area (Å²) < 4.78 is 4.73. The average Bonchev–Trinajstić information content (AvgIpc) is 2.70. The van der Waals surface area contributed by atoms with E-state index in [0.717, 1.165) is 6.92 Å². The third kappa shape index (κ3) is 2.73. The lowest BCUT2D eigenvalue weighted by molar-refractivity contribution is -0.124. The van der Waals surface area contributed by atoms with Crippen molar-refractivity contribution in [3.8, 4) is 0 Å². The van der Waals surface area contributed by atoms with Crippen LogP contribution in [-0.2, 0) is 9.59 Å². The van der Waals surface area contributed by atoms with Crippen LogP contribution in [0.25, 0.3) is 5.53 Å². The van der Waals surface area contributed by atoms with Crippen LogP contribution in [-0.4, -0.2) is 27.2 Å². The van der Waals surface area contributed by atoms with E-state index in [-0.39, 0.29) is 6.42 Å². The van der Waals surface area contributed by atoms with E-state index in [1.807, 2.05) is 0 Å². The van der Waals surface area contributed by atoms with Crippen molar-refractivity contribution in [2.24, 2.45) is 0 Å². The van der Waals surface area contributed by atoms with Gasteiger partial charge in [-0.15, -0.1) is 0 Å². The molecular weight excluding hydrogens is 212 g/mol. The van der Waals surface area contributed by atoms with Gasteiger partial charge in [-0.25, -0.2) is 0 Å². The standard InChI is InChI=1S/C10H10N2O4/c1-6(13)10(12-11)9(15)4-8(14)7-2-3-16-5-7/h2-3,5,8,14H,4H2,1H3. The van der Waals surface area contributed by atoms with Crippen molar-refractivity contribution < 1.29 is 23.9 Å². The number of hydrogen-bond donors (Lipinski definition) is 1. The van der Waals surface area contributed by atoms with Crippen molar-refractivity contribution in [3.05, 3.63) is 29.7 Å². The Morgan fingerprint density at radius 1 is 1.62 bits per heavy atom. The fourth-order valence-electron chi connectivity index (χ4n) is 1.18. The highest BCUT2D eigenvalue weighted by Crippen LogP contribution is 2.17. The summed E-state index contributed by atoms with van der Waals surface area (Å²) in [6.07, 6.45) is 1.23. The van der Waals surface area contributed by atoms with Crippen molar-refractivity contribution in [1.82, 2.24) is 0 Å². The third-order valence-corrected chi connectivity index (χ3v) is 2.00. The zero-order valence-electron chi connectivity index (χ0n) is 8.58. The van der Waals surface area contributed by atoms with Crippen molar-refractivity contribution in [2.45, 2.75) is 19.4 Å². The van der Waals surface area contributed by atoms with E-state index in [1.165, 1.54) is 18.6 Å². The molecule has 1 aromatic rings. The highest BCUT2D eigenvalue weighted by molar-refractivity contribution is 6.63. The number of rotatable bonds is 5. The summed E-state index contributed by atoms with van der Waals surface area (Å²) in [6.45, 7) is 1.11. The van der Waals surface area contributed by atoms with Gasteiger partial charge in [0.2, 0.25) is 5.78 Å². The zero-order chi connectivity index (χ0) is 12.1. The van der Waals surface area contributed by atoms with Crippen molar-refractivity contribution in [1.29, 1.82) is 0 Å².